The molecule has 1 unspecified atom stereocenters. The Balaban J connectivity index is 2.97. The summed E-state index contributed by atoms with van der Waals surface area (Å²) < 4.78 is 25.5. The van der Waals surface area contributed by atoms with Crippen LogP contribution in [-0.4, -0.2) is 11.8 Å². The zero-order valence-corrected chi connectivity index (χ0v) is 7.84. The van der Waals surface area contributed by atoms with Gasteiger partial charge in [-0.1, -0.05) is 0 Å². The molecule has 0 amide bonds. The molecule has 1 aromatic rings. The number of carbonyl (C=O) groups excluding carboxylic acids is 1. The van der Waals surface area contributed by atoms with Crippen molar-refractivity contribution in [3.63, 3.8) is 0 Å². The van der Waals surface area contributed by atoms with Crippen LogP contribution in [0.3, 0.4) is 0 Å². The van der Waals surface area contributed by atoms with Crippen molar-refractivity contribution in [1.82, 2.24) is 0 Å². The van der Waals surface area contributed by atoms with E-state index in [9.17, 15) is 13.6 Å². The summed E-state index contributed by atoms with van der Waals surface area (Å²) in [5, 5.41) is 0. The van der Waals surface area contributed by atoms with E-state index in [0.29, 0.717) is 6.07 Å². The summed E-state index contributed by atoms with van der Waals surface area (Å²) in [7, 11) is 0. The molecule has 4 heteroatoms. The second kappa shape index (κ2) is 4.67. The number of hydrogen-bond acceptors (Lipinski definition) is 2. The molecule has 0 spiro atoms. The van der Waals surface area contributed by atoms with Gasteiger partial charge in [-0.2, -0.15) is 0 Å². The Morgan fingerprint density at radius 2 is 1.93 bits per heavy atom. The SMILES string of the molecule is C#CCC(N)C(=O)c1cc(F)cc(F)c1. The maximum absolute atomic E-state index is 12.8. The van der Waals surface area contributed by atoms with Crippen LogP contribution >= 0.6 is 0 Å². The lowest BCUT2D eigenvalue weighted by Crippen LogP contribution is -2.30. The fourth-order valence-corrected chi connectivity index (χ4v) is 1.13. The van der Waals surface area contributed by atoms with E-state index < -0.39 is 23.5 Å². The van der Waals surface area contributed by atoms with Gasteiger partial charge in [0.05, 0.1) is 6.04 Å². The Kier molecular flexibility index (Phi) is 3.53. The number of terminal acetylenes is 1. The van der Waals surface area contributed by atoms with E-state index in [0.717, 1.165) is 12.1 Å². The Morgan fingerprint density at radius 1 is 1.40 bits per heavy atom. The first kappa shape index (κ1) is 11.3. The summed E-state index contributed by atoms with van der Waals surface area (Å²) in [4.78, 5) is 11.5. The van der Waals surface area contributed by atoms with Gasteiger partial charge in [-0.25, -0.2) is 8.78 Å². The van der Waals surface area contributed by atoms with Crippen molar-refractivity contribution in [3.8, 4) is 12.3 Å². The molecule has 0 fully saturated rings. The van der Waals surface area contributed by atoms with Gasteiger partial charge in [-0.15, -0.1) is 12.3 Å². The summed E-state index contributed by atoms with van der Waals surface area (Å²) in [5.41, 5.74) is 5.32. The molecule has 78 valence electrons. The van der Waals surface area contributed by atoms with E-state index in [-0.39, 0.29) is 12.0 Å². The van der Waals surface area contributed by atoms with Crippen LogP contribution in [0.5, 0.6) is 0 Å². The molecule has 1 atom stereocenters. The van der Waals surface area contributed by atoms with Crippen molar-refractivity contribution < 1.29 is 13.6 Å². The van der Waals surface area contributed by atoms with Gasteiger partial charge in [0.15, 0.2) is 5.78 Å². The van der Waals surface area contributed by atoms with Crippen LogP contribution in [0.4, 0.5) is 8.78 Å². The standard InChI is InChI=1S/C11H9F2NO/c1-2-3-10(14)11(15)7-4-8(12)6-9(13)5-7/h1,4-6,10H,3,14H2. The molecule has 0 aliphatic rings. The minimum absolute atomic E-state index is 0.0387. The van der Waals surface area contributed by atoms with Crippen LogP contribution in [0.25, 0.3) is 0 Å². The quantitative estimate of drug-likeness (QED) is 0.605. The number of rotatable bonds is 3. The molecule has 0 bridgehead atoms. The lowest BCUT2D eigenvalue weighted by atomic mass is 10.0. The van der Waals surface area contributed by atoms with Gasteiger partial charge >= 0.3 is 0 Å². The number of halogens is 2. The van der Waals surface area contributed by atoms with Gasteiger partial charge in [0.1, 0.15) is 11.6 Å². The van der Waals surface area contributed by atoms with Crippen LogP contribution in [-0.2, 0) is 0 Å². The molecule has 15 heavy (non-hydrogen) atoms. The van der Waals surface area contributed by atoms with Crippen molar-refractivity contribution in [3.05, 3.63) is 35.4 Å². The first-order chi connectivity index (χ1) is 7.04. The van der Waals surface area contributed by atoms with Crippen LogP contribution in [0.1, 0.15) is 16.8 Å². The second-order valence-electron chi connectivity index (χ2n) is 3.04. The highest BCUT2D eigenvalue weighted by atomic mass is 19.1. The third-order valence-electron chi connectivity index (χ3n) is 1.82. The largest absolute Gasteiger partial charge is 0.320 e. The molecule has 0 radical (unpaired) electrons. The number of hydrogen-bond donors (Lipinski definition) is 1. The molecular formula is C11H9F2NO. The van der Waals surface area contributed by atoms with Gasteiger partial charge in [-0.05, 0) is 12.1 Å². The van der Waals surface area contributed by atoms with Gasteiger partial charge in [-0.3, -0.25) is 4.79 Å². The zero-order chi connectivity index (χ0) is 11.4. The number of Topliss-reactive ketones (excluding diaryl/α,β-unsaturated/α-hetero) is 1. The van der Waals surface area contributed by atoms with Crippen molar-refractivity contribution in [2.75, 3.05) is 0 Å². The highest BCUT2D eigenvalue weighted by molar-refractivity contribution is 6.00. The Bertz CT molecular complexity index is 403. The van der Waals surface area contributed by atoms with Crippen molar-refractivity contribution in [2.45, 2.75) is 12.5 Å². The third-order valence-corrected chi connectivity index (χ3v) is 1.82. The van der Waals surface area contributed by atoms with Crippen LogP contribution in [0.2, 0.25) is 0 Å². The normalized spacial score (nSPS) is 11.9. The highest BCUT2D eigenvalue weighted by Gasteiger charge is 2.16. The van der Waals surface area contributed by atoms with E-state index in [1.165, 1.54) is 0 Å². The molecule has 1 rings (SSSR count). The molecule has 0 aliphatic heterocycles. The summed E-state index contributed by atoms with van der Waals surface area (Å²) in [6, 6.07) is 1.63. The Labute approximate surface area is 86.1 Å². The first-order valence-corrected chi connectivity index (χ1v) is 4.24. The minimum atomic E-state index is -0.920. The van der Waals surface area contributed by atoms with Crippen molar-refractivity contribution >= 4 is 5.78 Å². The molecule has 0 heterocycles. The molecule has 1 aromatic carbocycles. The maximum Gasteiger partial charge on any atom is 0.180 e. The average molecular weight is 209 g/mol. The maximum atomic E-state index is 12.8. The molecule has 0 aliphatic carbocycles. The monoisotopic (exact) mass is 209 g/mol. The summed E-state index contributed by atoms with van der Waals surface area (Å²) >= 11 is 0. The lowest BCUT2D eigenvalue weighted by molar-refractivity contribution is 0.0962. The Morgan fingerprint density at radius 3 is 2.40 bits per heavy atom. The smallest absolute Gasteiger partial charge is 0.180 e. The van der Waals surface area contributed by atoms with Gasteiger partial charge in [0.25, 0.3) is 0 Å². The predicted octanol–water partition coefficient (Wildman–Crippen LogP) is 1.50. The number of carbonyl (C=O) groups is 1. The molecule has 2 nitrogen and oxygen atoms in total. The van der Waals surface area contributed by atoms with E-state index in [2.05, 4.69) is 5.92 Å². The average Bonchev–Trinajstić information content (AvgIpc) is 2.15. The van der Waals surface area contributed by atoms with E-state index in [1.807, 2.05) is 0 Å². The van der Waals surface area contributed by atoms with E-state index in [1.54, 1.807) is 0 Å². The Hall–Kier alpha value is -1.73. The fourth-order valence-electron chi connectivity index (χ4n) is 1.13. The van der Waals surface area contributed by atoms with Crippen LogP contribution in [0.15, 0.2) is 18.2 Å². The van der Waals surface area contributed by atoms with Gasteiger partial charge in [0.2, 0.25) is 0 Å². The molecule has 0 saturated carbocycles. The summed E-state index contributed by atoms with van der Waals surface area (Å²) in [5.74, 6) is 0.0232. The fraction of sp³-hybridized carbons (Fsp3) is 0.182. The van der Waals surface area contributed by atoms with Crippen molar-refractivity contribution in [2.24, 2.45) is 5.73 Å². The van der Waals surface area contributed by atoms with E-state index >= 15 is 0 Å². The molecule has 0 saturated heterocycles. The first-order valence-electron chi connectivity index (χ1n) is 4.24. The third kappa shape index (κ3) is 2.86. The summed E-state index contributed by atoms with van der Waals surface area (Å²) in [6.07, 6.45) is 5.01. The lowest BCUT2D eigenvalue weighted by Gasteiger charge is -2.07. The topological polar surface area (TPSA) is 43.1 Å². The minimum Gasteiger partial charge on any atom is -0.320 e. The number of ketones is 1. The predicted molar refractivity (Wildman–Crippen MR) is 52.1 cm³/mol. The van der Waals surface area contributed by atoms with Gasteiger partial charge in [0, 0.05) is 18.1 Å². The van der Waals surface area contributed by atoms with Crippen molar-refractivity contribution in [1.29, 1.82) is 0 Å². The number of benzene rings is 1. The van der Waals surface area contributed by atoms with Crippen LogP contribution in [0, 0.1) is 24.0 Å². The highest BCUT2D eigenvalue weighted by Crippen LogP contribution is 2.10. The molecule has 2 N–H and O–H groups in total. The van der Waals surface area contributed by atoms with Gasteiger partial charge < -0.3 is 5.73 Å². The van der Waals surface area contributed by atoms with E-state index in [4.69, 9.17) is 12.2 Å². The molecular weight excluding hydrogens is 200 g/mol. The molecule has 0 aromatic heterocycles. The second-order valence-corrected chi connectivity index (χ2v) is 3.04. The zero-order valence-electron chi connectivity index (χ0n) is 7.84. The summed E-state index contributed by atoms with van der Waals surface area (Å²) in [6.45, 7) is 0. The number of nitrogens with two attached hydrogens (primary N) is 1. The van der Waals surface area contributed by atoms with Crippen LogP contribution < -0.4 is 5.73 Å².